The summed E-state index contributed by atoms with van der Waals surface area (Å²) in [5.74, 6) is 0. The van der Waals surface area contributed by atoms with E-state index in [0.29, 0.717) is 0 Å². The molecule has 3 rings (SSSR count). The lowest BCUT2D eigenvalue weighted by molar-refractivity contribution is 0.613. The molecule has 2 aromatic heterocycles. The average molecular weight is 284 g/mol. The van der Waals surface area contributed by atoms with Crippen molar-refractivity contribution in [2.24, 2.45) is 0 Å². The number of aryl methyl sites for hydroxylation is 2. The molecule has 0 amide bonds. The normalized spacial score (nSPS) is 11.3. The quantitative estimate of drug-likeness (QED) is 0.698. The van der Waals surface area contributed by atoms with E-state index in [2.05, 4.69) is 66.3 Å². The summed E-state index contributed by atoms with van der Waals surface area (Å²) < 4.78 is 2.33. The van der Waals surface area contributed by atoms with Crippen molar-refractivity contribution in [3.8, 4) is 0 Å². The van der Waals surface area contributed by atoms with Crippen LogP contribution in [0.1, 0.15) is 15.3 Å². The number of thiophene rings is 1. The fourth-order valence-corrected chi connectivity index (χ4v) is 3.42. The highest BCUT2D eigenvalue weighted by Gasteiger charge is 2.02. The molecule has 0 spiro atoms. The van der Waals surface area contributed by atoms with Gasteiger partial charge in [0, 0.05) is 46.5 Å². The summed E-state index contributed by atoms with van der Waals surface area (Å²) in [4.78, 5) is 2.80. The smallest absolute Gasteiger partial charge is 0.0483 e. The molecule has 3 aromatic rings. The van der Waals surface area contributed by atoms with Gasteiger partial charge in [-0.3, -0.25) is 0 Å². The van der Waals surface area contributed by atoms with Crippen molar-refractivity contribution in [2.45, 2.75) is 26.9 Å². The van der Waals surface area contributed by atoms with Crippen LogP contribution in [0.25, 0.3) is 10.9 Å². The molecule has 0 saturated carbocycles. The number of benzene rings is 1. The average Bonchev–Trinajstić information content (AvgIpc) is 3.02. The molecule has 0 aliphatic rings. The van der Waals surface area contributed by atoms with Gasteiger partial charge in [-0.25, -0.2) is 0 Å². The van der Waals surface area contributed by atoms with Gasteiger partial charge >= 0.3 is 0 Å². The standard InChI is InChI=1S/C17H20N2S/c1-13-4-3-5-17-16(13)8-10-19(17)11-9-18-12-15-7-6-14(2)20-15/h3-8,10,18H,9,11-12H2,1-2H3. The van der Waals surface area contributed by atoms with Crippen molar-refractivity contribution in [3.05, 3.63) is 57.9 Å². The van der Waals surface area contributed by atoms with Crippen molar-refractivity contribution < 1.29 is 0 Å². The molecule has 0 radical (unpaired) electrons. The summed E-state index contributed by atoms with van der Waals surface area (Å²) in [6.45, 7) is 7.30. The van der Waals surface area contributed by atoms with E-state index in [9.17, 15) is 0 Å². The van der Waals surface area contributed by atoms with Gasteiger partial charge in [-0.15, -0.1) is 11.3 Å². The lowest BCUT2D eigenvalue weighted by Gasteiger charge is -2.07. The van der Waals surface area contributed by atoms with Crippen LogP contribution in [-0.4, -0.2) is 11.1 Å². The minimum atomic E-state index is 0.969. The number of hydrogen-bond acceptors (Lipinski definition) is 2. The number of fused-ring (bicyclic) bond motifs is 1. The van der Waals surface area contributed by atoms with E-state index >= 15 is 0 Å². The lowest BCUT2D eigenvalue weighted by Crippen LogP contribution is -2.18. The predicted molar refractivity (Wildman–Crippen MR) is 87.4 cm³/mol. The van der Waals surface area contributed by atoms with Crippen LogP contribution in [0.3, 0.4) is 0 Å². The first kappa shape index (κ1) is 13.4. The van der Waals surface area contributed by atoms with Gasteiger partial charge in [-0.05, 0) is 43.7 Å². The van der Waals surface area contributed by atoms with Gasteiger partial charge < -0.3 is 9.88 Å². The van der Waals surface area contributed by atoms with Crippen molar-refractivity contribution >= 4 is 22.2 Å². The highest BCUT2D eigenvalue weighted by atomic mass is 32.1. The lowest BCUT2D eigenvalue weighted by atomic mass is 10.1. The largest absolute Gasteiger partial charge is 0.346 e. The van der Waals surface area contributed by atoms with E-state index in [-0.39, 0.29) is 0 Å². The van der Waals surface area contributed by atoms with E-state index in [0.717, 1.165) is 19.6 Å². The molecule has 0 unspecified atom stereocenters. The Hall–Kier alpha value is -1.58. The number of nitrogens with zero attached hydrogens (tertiary/aromatic N) is 1. The molecule has 104 valence electrons. The summed E-state index contributed by atoms with van der Waals surface area (Å²) >= 11 is 1.87. The van der Waals surface area contributed by atoms with Crippen molar-refractivity contribution in [1.29, 1.82) is 0 Å². The van der Waals surface area contributed by atoms with Gasteiger partial charge in [-0.1, -0.05) is 12.1 Å². The van der Waals surface area contributed by atoms with E-state index in [1.54, 1.807) is 0 Å². The fourth-order valence-electron chi connectivity index (χ4n) is 2.56. The second-order valence-corrected chi connectivity index (χ2v) is 6.58. The zero-order valence-corrected chi connectivity index (χ0v) is 12.8. The minimum Gasteiger partial charge on any atom is -0.346 e. The van der Waals surface area contributed by atoms with Gasteiger partial charge in [0.05, 0.1) is 0 Å². The third kappa shape index (κ3) is 2.79. The Labute approximate surface area is 124 Å². The van der Waals surface area contributed by atoms with E-state index in [1.807, 2.05) is 11.3 Å². The van der Waals surface area contributed by atoms with Gasteiger partial charge in [0.1, 0.15) is 0 Å². The second-order valence-electron chi connectivity index (χ2n) is 5.21. The molecular weight excluding hydrogens is 264 g/mol. The van der Waals surface area contributed by atoms with Crippen LogP contribution in [0.5, 0.6) is 0 Å². The van der Waals surface area contributed by atoms with Crippen molar-refractivity contribution in [2.75, 3.05) is 6.54 Å². The maximum atomic E-state index is 3.52. The molecule has 2 nitrogen and oxygen atoms in total. The maximum absolute atomic E-state index is 3.52. The molecule has 20 heavy (non-hydrogen) atoms. The Balaban J connectivity index is 1.59. The number of aromatic nitrogens is 1. The summed E-state index contributed by atoms with van der Waals surface area (Å²) in [6, 6.07) is 13.1. The summed E-state index contributed by atoms with van der Waals surface area (Å²) in [5.41, 5.74) is 2.68. The monoisotopic (exact) mass is 284 g/mol. The second kappa shape index (κ2) is 5.81. The first-order valence-corrected chi connectivity index (χ1v) is 7.86. The summed E-state index contributed by atoms with van der Waals surface area (Å²) in [6.07, 6.45) is 2.19. The van der Waals surface area contributed by atoms with Crippen LogP contribution in [-0.2, 0) is 13.1 Å². The predicted octanol–water partition coefficient (Wildman–Crippen LogP) is 4.11. The SMILES string of the molecule is Cc1ccc(CNCCn2ccc3c(C)cccc32)s1. The number of nitrogens with one attached hydrogen (secondary N) is 1. The van der Waals surface area contributed by atoms with Crippen LogP contribution in [0.15, 0.2) is 42.6 Å². The van der Waals surface area contributed by atoms with Crippen LogP contribution in [0.2, 0.25) is 0 Å². The zero-order valence-electron chi connectivity index (χ0n) is 12.0. The molecule has 0 aliphatic heterocycles. The van der Waals surface area contributed by atoms with E-state index in [4.69, 9.17) is 0 Å². The summed E-state index contributed by atoms with van der Waals surface area (Å²) in [5, 5.41) is 4.88. The molecule has 0 atom stereocenters. The molecule has 0 bridgehead atoms. The fraction of sp³-hybridized carbons (Fsp3) is 0.294. The Morgan fingerprint density at radius 2 is 2.00 bits per heavy atom. The molecule has 0 saturated heterocycles. The Morgan fingerprint density at radius 1 is 1.10 bits per heavy atom. The molecule has 3 heteroatoms. The number of rotatable bonds is 5. The van der Waals surface area contributed by atoms with Gasteiger partial charge in [0.25, 0.3) is 0 Å². The van der Waals surface area contributed by atoms with E-state index < -0.39 is 0 Å². The maximum Gasteiger partial charge on any atom is 0.0483 e. The highest BCUT2D eigenvalue weighted by Crippen LogP contribution is 2.19. The van der Waals surface area contributed by atoms with Crippen molar-refractivity contribution in [1.82, 2.24) is 9.88 Å². The van der Waals surface area contributed by atoms with Crippen molar-refractivity contribution in [3.63, 3.8) is 0 Å². The van der Waals surface area contributed by atoms with Gasteiger partial charge in [0.2, 0.25) is 0 Å². The Kier molecular flexibility index (Phi) is 3.90. The molecule has 1 N–H and O–H groups in total. The highest BCUT2D eigenvalue weighted by molar-refractivity contribution is 7.11. The van der Waals surface area contributed by atoms with Crippen LogP contribution in [0, 0.1) is 13.8 Å². The first-order chi connectivity index (χ1) is 9.74. The Morgan fingerprint density at radius 3 is 2.80 bits per heavy atom. The molecule has 1 aromatic carbocycles. The molecular formula is C17H20N2S. The van der Waals surface area contributed by atoms with Crippen LogP contribution in [0.4, 0.5) is 0 Å². The van der Waals surface area contributed by atoms with Crippen LogP contribution < -0.4 is 5.32 Å². The third-order valence-corrected chi connectivity index (χ3v) is 4.66. The van der Waals surface area contributed by atoms with Crippen LogP contribution >= 0.6 is 11.3 Å². The summed E-state index contributed by atoms with van der Waals surface area (Å²) in [7, 11) is 0. The zero-order chi connectivity index (χ0) is 13.9. The Bertz CT molecular complexity index is 709. The van der Waals surface area contributed by atoms with Gasteiger partial charge in [0.15, 0.2) is 0 Å². The van der Waals surface area contributed by atoms with E-state index in [1.165, 1.54) is 26.2 Å². The molecule has 0 aliphatic carbocycles. The number of hydrogen-bond donors (Lipinski definition) is 1. The third-order valence-electron chi connectivity index (χ3n) is 3.66. The minimum absolute atomic E-state index is 0.969. The molecule has 2 heterocycles. The molecule has 0 fully saturated rings. The topological polar surface area (TPSA) is 17.0 Å². The van der Waals surface area contributed by atoms with Gasteiger partial charge in [-0.2, -0.15) is 0 Å². The first-order valence-electron chi connectivity index (χ1n) is 7.04.